The highest BCUT2D eigenvalue weighted by Crippen LogP contribution is 2.31. The van der Waals surface area contributed by atoms with E-state index in [0.717, 1.165) is 28.2 Å². The van der Waals surface area contributed by atoms with Crippen molar-refractivity contribution in [3.8, 4) is 28.3 Å². The molecule has 3 aromatic carbocycles. The third kappa shape index (κ3) is 4.31. The molecule has 0 atom stereocenters. The Kier molecular flexibility index (Phi) is 5.89. The standard InChI is InChI=1S/C24H25N3O2/c1-17-21(18-6-3-2-4-7-18)10-11-22-23(17)27-24(26-22)19-8-5-9-20(16-19)29-15-13-25-12-14-28/h2-11,16,25,28H,12-15H2,1H3,(H,26,27). The molecule has 0 amide bonds. The Morgan fingerprint density at radius 2 is 1.79 bits per heavy atom. The number of aromatic nitrogens is 2. The average Bonchev–Trinajstić information content (AvgIpc) is 3.20. The second-order valence-electron chi connectivity index (χ2n) is 6.94. The van der Waals surface area contributed by atoms with Crippen LogP contribution in [0.5, 0.6) is 5.75 Å². The summed E-state index contributed by atoms with van der Waals surface area (Å²) >= 11 is 0. The fraction of sp³-hybridized carbons (Fsp3) is 0.208. The molecule has 5 nitrogen and oxygen atoms in total. The first-order valence-corrected chi connectivity index (χ1v) is 9.86. The van der Waals surface area contributed by atoms with Gasteiger partial charge in [0.05, 0.1) is 17.6 Å². The number of aliphatic hydroxyl groups is 1. The van der Waals surface area contributed by atoms with Crippen molar-refractivity contribution in [2.45, 2.75) is 6.92 Å². The van der Waals surface area contributed by atoms with Gasteiger partial charge in [-0.15, -0.1) is 0 Å². The molecular weight excluding hydrogens is 362 g/mol. The summed E-state index contributed by atoms with van der Waals surface area (Å²) in [5.41, 5.74) is 6.56. The fourth-order valence-corrected chi connectivity index (χ4v) is 3.46. The maximum Gasteiger partial charge on any atom is 0.138 e. The molecule has 0 saturated carbocycles. The first-order chi connectivity index (χ1) is 14.3. The van der Waals surface area contributed by atoms with E-state index in [1.807, 2.05) is 30.3 Å². The lowest BCUT2D eigenvalue weighted by molar-refractivity contribution is 0.276. The zero-order valence-corrected chi connectivity index (χ0v) is 16.5. The molecular formula is C24H25N3O2. The second-order valence-corrected chi connectivity index (χ2v) is 6.94. The van der Waals surface area contributed by atoms with Crippen molar-refractivity contribution < 1.29 is 9.84 Å². The second kappa shape index (κ2) is 8.90. The molecule has 4 aromatic rings. The molecule has 0 unspecified atom stereocenters. The fourth-order valence-electron chi connectivity index (χ4n) is 3.46. The van der Waals surface area contributed by atoms with E-state index in [4.69, 9.17) is 14.8 Å². The molecule has 0 radical (unpaired) electrons. The predicted octanol–water partition coefficient (Wildman–Crippen LogP) is 4.17. The number of aryl methyl sites for hydroxylation is 1. The van der Waals surface area contributed by atoms with E-state index >= 15 is 0 Å². The van der Waals surface area contributed by atoms with Crippen molar-refractivity contribution in [3.05, 3.63) is 72.3 Å². The Balaban J connectivity index is 1.58. The van der Waals surface area contributed by atoms with Gasteiger partial charge >= 0.3 is 0 Å². The molecule has 0 bridgehead atoms. The van der Waals surface area contributed by atoms with Crippen molar-refractivity contribution >= 4 is 11.0 Å². The van der Waals surface area contributed by atoms with Crippen LogP contribution in [0.2, 0.25) is 0 Å². The number of hydrogen-bond donors (Lipinski definition) is 3. The van der Waals surface area contributed by atoms with Crippen LogP contribution in [-0.2, 0) is 0 Å². The van der Waals surface area contributed by atoms with Gasteiger partial charge in [-0.3, -0.25) is 0 Å². The van der Waals surface area contributed by atoms with Crippen LogP contribution < -0.4 is 10.1 Å². The number of nitrogens with one attached hydrogen (secondary N) is 2. The molecule has 1 aromatic heterocycles. The summed E-state index contributed by atoms with van der Waals surface area (Å²) in [6.45, 7) is 4.06. The molecule has 3 N–H and O–H groups in total. The van der Waals surface area contributed by atoms with Gasteiger partial charge in [0, 0.05) is 18.7 Å². The number of fused-ring (bicyclic) bond motifs is 1. The molecule has 1 heterocycles. The highest BCUT2D eigenvalue weighted by atomic mass is 16.5. The molecule has 5 heteroatoms. The number of aliphatic hydroxyl groups excluding tert-OH is 1. The number of imidazole rings is 1. The van der Waals surface area contributed by atoms with Gasteiger partial charge in [-0.05, 0) is 41.8 Å². The van der Waals surface area contributed by atoms with E-state index in [9.17, 15) is 0 Å². The summed E-state index contributed by atoms with van der Waals surface area (Å²) in [5, 5.41) is 11.9. The van der Waals surface area contributed by atoms with Crippen molar-refractivity contribution in [3.63, 3.8) is 0 Å². The Labute approximate surface area is 170 Å². The van der Waals surface area contributed by atoms with Gasteiger partial charge in [0.1, 0.15) is 18.2 Å². The number of nitrogens with zero attached hydrogens (tertiary/aromatic N) is 1. The van der Waals surface area contributed by atoms with Crippen LogP contribution in [-0.4, -0.2) is 41.4 Å². The SMILES string of the molecule is Cc1c(-c2ccccc2)ccc2[nH]c(-c3cccc(OCCNCCO)c3)nc12. The number of hydrogen-bond acceptors (Lipinski definition) is 4. The van der Waals surface area contributed by atoms with Crippen molar-refractivity contribution in [2.75, 3.05) is 26.3 Å². The number of benzene rings is 3. The summed E-state index contributed by atoms with van der Waals surface area (Å²) < 4.78 is 5.80. The maximum atomic E-state index is 8.79. The molecule has 0 fully saturated rings. The Morgan fingerprint density at radius 1 is 0.966 bits per heavy atom. The Morgan fingerprint density at radius 3 is 2.62 bits per heavy atom. The highest BCUT2D eigenvalue weighted by Gasteiger charge is 2.12. The third-order valence-electron chi connectivity index (χ3n) is 4.94. The normalized spacial score (nSPS) is 11.1. The molecule has 0 saturated heterocycles. The van der Waals surface area contributed by atoms with Gasteiger partial charge in [-0.25, -0.2) is 4.98 Å². The van der Waals surface area contributed by atoms with Crippen LogP contribution in [0.3, 0.4) is 0 Å². The van der Waals surface area contributed by atoms with Crippen LogP contribution in [0.1, 0.15) is 5.56 Å². The van der Waals surface area contributed by atoms with Crippen LogP contribution in [0.25, 0.3) is 33.5 Å². The lowest BCUT2D eigenvalue weighted by atomic mass is 9.99. The quantitative estimate of drug-likeness (QED) is 0.397. The van der Waals surface area contributed by atoms with Crippen LogP contribution in [0.15, 0.2) is 66.7 Å². The third-order valence-corrected chi connectivity index (χ3v) is 4.94. The van der Waals surface area contributed by atoms with E-state index in [1.54, 1.807) is 0 Å². The molecule has 4 rings (SSSR count). The largest absolute Gasteiger partial charge is 0.492 e. The van der Waals surface area contributed by atoms with E-state index in [-0.39, 0.29) is 6.61 Å². The van der Waals surface area contributed by atoms with Gasteiger partial charge in [-0.1, -0.05) is 48.5 Å². The summed E-state index contributed by atoms with van der Waals surface area (Å²) in [6.07, 6.45) is 0. The molecule has 148 valence electrons. The molecule has 29 heavy (non-hydrogen) atoms. The zero-order chi connectivity index (χ0) is 20.1. The van der Waals surface area contributed by atoms with Crippen molar-refractivity contribution in [2.24, 2.45) is 0 Å². The van der Waals surface area contributed by atoms with Gasteiger partial charge in [-0.2, -0.15) is 0 Å². The van der Waals surface area contributed by atoms with E-state index in [0.29, 0.717) is 19.7 Å². The van der Waals surface area contributed by atoms with Gasteiger partial charge < -0.3 is 20.1 Å². The highest BCUT2D eigenvalue weighted by molar-refractivity contribution is 5.88. The monoisotopic (exact) mass is 387 g/mol. The summed E-state index contributed by atoms with van der Waals surface area (Å²) in [4.78, 5) is 8.32. The number of aromatic amines is 1. The van der Waals surface area contributed by atoms with Crippen LogP contribution in [0.4, 0.5) is 0 Å². The Bertz CT molecular complexity index is 1090. The van der Waals surface area contributed by atoms with Crippen molar-refractivity contribution in [1.82, 2.24) is 15.3 Å². The topological polar surface area (TPSA) is 70.2 Å². The van der Waals surface area contributed by atoms with Crippen LogP contribution in [0, 0.1) is 6.92 Å². The molecule has 0 aliphatic rings. The van der Waals surface area contributed by atoms with E-state index < -0.39 is 0 Å². The zero-order valence-electron chi connectivity index (χ0n) is 16.5. The van der Waals surface area contributed by atoms with Gasteiger partial charge in [0.25, 0.3) is 0 Å². The maximum absolute atomic E-state index is 8.79. The first kappa shape index (κ1) is 19.2. The summed E-state index contributed by atoms with van der Waals surface area (Å²) in [5.74, 6) is 1.63. The molecule has 0 aliphatic heterocycles. The van der Waals surface area contributed by atoms with E-state index in [2.05, 4.69) is 53.6 Å². The van der Waals surface area contributed by atoms with Gasteiger partial charge in [0.2, 0.25) is 0 Å². The Hall–Kier alpha value is -3.15. The van der Waals surface area contributed by atoms with Gasteiger partial charge in [0.15, 0.2) is 0 Å². The average molecular weight is 387 g/mol. The molecule has 0 spiro atoms. The summed E-state index contributed by atoms with van der Waals surface area (Å²) in [6, 6.07) is 22.6. The predicted molar refractivity (Wildman–Crippen MR) is 117 cm³/mol. The smallest absolute Gasteiger partial charge is 0.138 e. The summed E-state index contributed by atoms with van der Waals surface area (Å²) in [7, 11) is 0. The minimum atomic E-state index is 0.132. The number of H-pyrrole nitrogens is 1. The van der Waals surface area contributed by atoms with Crippen LogP contribution >= 0.6 is 0 Å². The minimum Gasteiger partial charge on any atom is -0.492 e. The number of ether oxygens (including phenoxy) is 1. The lowest BCUT2D eigenvalue weighted by Gasteiger charge is -2.07. The number of rotatable bonds is 8. The van der Waals surface area contributed by atoms with E-state index in [1.165, 1.54) is 16.7 Å². The lowest BCUT2D eigenvalue weighted by Crippen LogP contribution is -2.23. The van der Waals surface area contributed by atoms with Crippen molar-refractivity contribution in [1.29, 1.82) is 0 Å². The first-order valence-electron chi connectivity index (χ1n) is 9.86. The minimum absolute atomic E-state index is 0.132. The molecule has 0 aliphatic carbocycles.